The largest absolute Gasteiger partial charge is 0.444 e. The number of nitrogens with one attached hydrogen (secondary N) is 4. The van der Waals surface area contributed by atoms with E-state index < -0.39 is 59.1 Å². The van der Waals surface area contributed by atoms with Gasteiger partial charge in [-0.1, -0.05) is 12.8 Å². The monoisotopic (exact) mass is 887 g/mol. The molecule has 0 spiro atoms. The van der Waals surface area contributed by atoms with Crippen LogP contribution in [0.4, 0.5) is 14.4 Å². The molecule has 6 amide bonds. The van der Waals surface area contributed by atoms with E-state index >= 15 is 0 Å². The molecule has 0 saturated carbocycles. The first-order valence-corrected chi connectivity index (χ1v) is 22.6. The van der Waals surface area contributed by atoms with E-state index in [-0.39, 0.29) is 24.9 Å². The molecule has 0 rings (SSSR count). The Labute approximate surface area is 371 Å². The Kier molecular flexibility index (Phi) is 29.0. The lowest BCUT2D eigenvalue weighted by Crippen LogP contribution is -2.52. The standard InChI is InChI=1S/C43H86N10O9/c1-41(2,3)60-38(57)50-27-19-31-53(40(59)62-43(7,8)9)29-17-16-28-52(39(58)61-42(4,5)6)30-18-26-49-37(56)34(51-36(55)33(47)21-11-14-24-45)22-12-15-25-48-35(54)32(46)20-10-13-23-44/h32-34H,10-31,44-47H2,1-9H3,(H,48,54)(H,49,56)(H,50,57)(H,51,55)/t32-,33-,34-/m0/s1. The molecule has 3 atom stereocenters. The van der Waals surface area contributed by atoms with Gasteiger partial charge < -0.3 is 68.2 Å². The number of hydrogen-bond donors (Lipinski definition) is 8. The van der Waals surface area contributed by atoms with Gasteiger partial charge in [0.05, 0.1) is 12.1 Å². The molecule has 0 radical (unpaired) electrons. The summed E-state index contributed by atoms with van der Waals surface area (Å²) >= 11 is 0. The minimum atomic E-state index is -0.861. The average molecular weight is 887 g/mol. The van der Waals surface area contributed by atoms with Crippen LogP contribution in [0.15, 0.2) is 0 Å². The lowest BCUT2D eigenvalue weighted by molar-refractivity contribution is -0.129. The zero-order valence-electron chi connectivity index (χ0n) is 39.7. The maximum Gasteiger partial charge on any atom is 0.410 e. The smallest absolute Gasteiger partial charge is 0.410 e. The van der Waals surface area contributed by atoms with Crippen LogP contribution in [0, 0.1) is 0 Å². The average Bonchev–Trinajstić information content (AvgIpc) is 3.14. The van der Waals surface area contributed by atoms with Gasteiger partial charge >= 0.3 is 18.3 Å². The predicted octanol–water partition coefficient (Wildman–Crippen LogP) is 3.35. The fraction of sp³-hybridized carbons (Fsp3) is 0.860. The Bertz CT molecular complexity index is 1320. The third-order valence-electron chi connectivity index (χ3n) is 9.05. The van der Waals surface area contributed by atoms with Gasteiger partial charge in [0.2, 0.25) is 17.7 Å². The molecule has 0 heterocycles. The highest BCUT2D eigenvalue weighted by atomic mass is 16.6. The van der Waals surface area contributed by atoms with E-state index in [1.165, 1.54) is 0 Å². The van der Waals surface area contributed by atoms with Crippen molar-refractivity contribution in [3.05, 3.63) is 0 Å². The second-order valence-corrected chi connectivity index (χ2v) is 18.7. The molecule has 0 fully saturated rings. The van der Waals surface area contributed by atoms with Gasteiger partial charge in [-0.3, -0.25) is 14.4 Å². The number of alkyl carbamates (subject to hydrolysis) is 1. The van der Waals surface area contributed by atoms with Crippen LogP contribution in [0.3, 0.4) is 0 Å². The van der Waals surface area contributed by atoms with Gasteiger partial charge in [-0.05, 0) is 146 Å². The fourth-order valence-electron chi connectivity index (χ4n) is 5.87. The Balaban J connectivity index is 5.47. The van der Waals surface area contributed by atoms with Crippen LogP contribution in [0.25, 0.3) is 0 Å². The van der Waals surface area contributed by atoms with Gasteiger partial charge in [0, 0.05) is 45.8 Å². The van der Waals surface area contributed by atoms with E-state index in [4.69, 9.17) is 37.1 Å². The highest BCUT2D eigenvalue weighted by Crippen LogP contribution is 2.14. The van der Waals surface area contributed by atoms with Crippen LogP contribution in [0.1, 0.15) is 146 Å². The maximum atomic E-state index is 13.5. The molecule has 362 valence electrons. The number of carbonyl (C=O) groups is 6. The van der Waals surface area contributed by atoms with Crippen LogP contribution in [0.2, 0.25) is 0 Å². The van der Waals surface area contributed by atoms with Crippen molar-refractivity contribution in [3.8, 4) is 0 Å². The summed E-state index contributed by atoms with van der Waals surface area (Å²) in [5.41, 5.74) is 21.2. The summed E-state index contributed by atoms with van der Waals surface area (Å²) in [6.45, 7) is 19.3. The van der Waals surface area contributed by atoms with Gasteiger partial charge in [-0.2, -0.15) is 0 Å². The zero-order chi connectivity index (χ0) is 47.4. The van der Waals surface area contributed by atoms with Crippen molar-refractivity contribution in [2.24, 2.45) is 22.9 Å². The van der Waals surface area contributed by atoms with E-state index in [9.17, 15) is 28.8 Å². The summed E-state index contributed by atoms with van der Waals surface area (Å²) in [5.74, 6) is -1.05. The van der Waals surface area contributed by atoms with Gasteiger partial charge in [0.15, 0.2) is 0 Å². The molecule has 0 aliphatic carbocycles. The third-order valence-corrected chi connectivity index (χ3v) is 9.05. The molecular weight excluding hydrogens is 801 g/mol. The number of hydrogen-bond acceptors (Lipinski definition) is 13. The summed E-state index contributed by atoms with van der Waals surface area (Å²) in [4.78, 5) is 80.4. The number of ether oxygens (including phenoxy) is 3. The Hall–Kier alpha value is -3.94. The van der Waals surface area contributed by atoms with Crippen LogP contribution in [0.5, 0.6) is 0 Å². The molecule has 19 heteroatoms. The first-order chi connectivity index (χ1) is 28.9. The van der Waals surface area contributed by atoms with Crippen LogP contribution in [-0.4, -0.2) is 140 Å². The predicted molar refractivity (Wildman–Crippen MR) is 242 cm³/mol. The number of carbonyl (C=O) groups excluding carboxylic acids is 6. The highest BCUT2D eigenvalue weighted by Gasteiger charge is 2.26. The minimum absolute atomic E-state index is 0.217. The molecule has 0 aliphatic rings. The van der Waals surface area contributed by atoms with Crippen molar-refractivity contribution in [2.75, 3.05) is 58.9 Å². The van der Waals surface area contributed by atoms with E-state index in [2.05, 4.69) is 21.3 Å². The molecule has 62 heavy (non-hydrogen) atoms. The molecule has 0 aliphatic heterocycles. The summed E-state index contributed by atoms with van der Waals surface area (Å²) in [5, 5.41) is 11.2. The Morgan fingerprint density at radius 1 is 0.468 bits per heavy atom. The minimum Gasteiger partial charge on any atom is -0.444 e. The first-order valence-electron chi connectivity index (χ1n) is 22.6. The number of nitrogens with two attached hydrogens (primary N) is 4. The van der Waals surface area contributed by atoms with Crippen molar-refractivity contribution >= 4 is 36.0 Å². The van der Waals surface area contributed by atoms with Crippen LogP contribution >= 0.6 is 0 Å². The zero-order valence-corrected chi connectivity index (χ0v) is 39.7. The van der Waals surface area contributed by atoms with Crippen molar-refractivity contribution < 1.29 is 43.0 Å². The first kappa shape index (κ1) is 58.1. The van der Waals surface area contributed by atoms with E-state index in [1.807, 2.05) is 0 Å². The molecule has 0 saturated heterocycles. The SMILES string of the molecule is CC(C)(C)OC(=O)NCCCN(CCCCN(CCCNC(=O)[C@H](CCCCNC(=O)[C@@H](N)CCCCN)NC(=O)[C@@H](N)CCCCN)C(=O)OC(C)(C)C)C(=O)OC(C)(C)C. The molecule has 0 aromatic heterocycles. The van der Waals surface area contributed by atoms with Gasteiger partial charge in [0.1, 0.15) is 22.8 Å². The number of amides is 6. The van der Waals surface area contributed by atoms with Crippen molar-refractivity contribution in [3.63, 3.8) is 0 Å². The lowest BCUT2D eigenvalue weighted by atomic mass is 10.1. The van der Waals surface area contributed by atoms with Crippen LogP contribution < -0.4 is 44.2 Å². The second kappa shape index (κ2) is 31.0. The van der Waals surface area contributed by atoms with E-state index in [0.717, 1.165) is 19.3 Å². The molecule has 0 unspecified atom stereocenters. The van der Waals surface area contributed by atoms with Crippen molar-refractivity contribution in [1.29, 1.82) is 0 Å². The van der Waals surface area contributed by atoms with Crippen LogP contribution in [-0.2, 0) is 28.6 Å². The number of unbranched alkanes of at least 4 members (excludes halogenated alkanes) is 4. The molecule has 12 N–H and O–H groups in total. The van der Waals surface area contributed by atoms with Crippen molar-refractivity contribution in [1.82, 2.24) is 31.1 Å². The highest BCUT2D eigenvalue weighted by molar-refractivity contribution is 5.89. The normalized spacial score (nSPS) is 13.2. The maximum absolute atomic E-state index is 13.5. The van der Waals surface area contributed by atoms with Gasteiger partial charge in [0.25, 0.3) is 0 Å². The number of rotatable bonds is 30. The molecule has 19 nitrogen and oxygen atoms in total. The van der Waals surface area contributed by atoms with Gasteiger partial charge in [-0.25, -0.2) is 14.4 Å². The molecular formula is C43H86N10O9. The molecule has 0 aromatic rings. The lowest BCUT2D eigenvalue weighted by Gasteiger charge is -2.29. The third kappa shape index (κ3) is 31.0. The fourth-order valence-corrected chi connectivity index (χ4v) is 5.87. The molecule has 0 bridgehead atoms. The van der Waals surface area contributed by atoms with Crippen molar-refractivity contribution in [2.45, 2.75) is 181 Å². The summed E-state index contributed by atoms with van der Waals surface area (Å²) in [6.07, 6.45) is 5.84. The van der Waals surface area contributed by atoms with Gasteiger partial charge in [-0.15, -0.1) is 0 Å². The Morgan fingerprint density at radius 2 is 0.855 bits per heavy atom. The van der Waals surface area contributed by atoms with E-state index in [1.54, 1.807) is 72.1 Å². The quantitative estimate of drug-likeness (QED) is 0.0380. The Morgan fingerprint density at radius 3 is 1.31 bits per heavy atom. The summed E-state index contributed by atoms with van der Waals surface area (Å²) < 4.78 is 16.6. The summed E-state index contributed by atoms with van der Waals surface area (Å²) in [6, 6.07) is -2.27. The topological polar surface area (TPSA) is 289 Å². The number of nitrogens with zero attached hydrogens (tertiary/aromatic N) is 2. The van der Waals surface area contributed by atoms with E-state index in [0.29, 0.717) is 110 Å². The second-order valence-electron chi connectivity index (χ2n) is 18.7. The molecule has 0 aromatic carbocycles. The summed E-state index contributed by atoms with van der Waals surface area (Å²) in [7, 11) is 0.